The van der Waals surface area contributed by atoms with Crippen LogP contribution in [0, 0.1) is 0 Å². The molecule has 0 aliphatic rings. The van der Waals surface area contributed by atoms with Crippen LogP contribution in [0.25, 0.3) is 16.9 Å². The summed E-state index contributed by atoms with van der Waals surface area (Å²) in [5, 5.41) is 12.6. The number of nitrogens with one attached hydrogen (secondary N) is 1. The van der Waals surface area contributed by atoms with Crippen LogP contribution in [0.5, 0.6) is 0 Å². The molecule has 4 aromatic rings. The predicted octanol–water partition coefficient (Wildman–Crippen LogP) is 1.56. The van der Waals surface area contributed by atoms with Gasteiger partial charge < -0.3 is 5.32 Å². The highest BCUT2D eigenvalue weighted by Gasteiger charge is 2.07. The summed E-state index contributed by atoms with van der Waals surface area (Å²) in [7, 11) is 1.86. The smallest absolute Gasteiger partial charge is 0.163 e. The van der Waals surface area contributed by atoms with Gasteiger partial charge in [0.25, 0.3) is 0 Å². The van der Waals surface area contributed by atoms with Crippen molar-refractivity contribution in [1.29, 1.82) is 0 Å². The number of nitrogens with zero attached hydrogens (tertiary/aromatic N) is 7. The Hall–Kier alpha value is -3.29. The van der Waals surface area contributed by atoms with Crippen molar-refractivity contribution in [2.45, 2.75) is 6.54 Å². The number of anilines is 1. The van der Waals surface area contributed by atoms with Crippen molar-refractivity contribution in [2.75, 3.05) is 5.32 Å². The molecule has 1 N–H and O–H groups in total. The number of hydrogen-bond acceptors (Lipinski definition) is 6. The average molecular weight is 306 g/mol. The van der Waals surface area contributed by atoms with Crippen LogP contribution in [0.1, 0.15) is 5.56 Å². The van der Waals surface area contributed by atoms with Crippen molar-refractivity contribution in [3.63, 3.8) is 0 Å². The standard InChI is InChI=1S/C15H14N8/c1-22-15-12(9-21-22)14(18-10-19-15)17-8-11-3-5-16-13(7-11)23-6-2-4-20-23/h2-7,9-10H,8H2,1H3,(H,17,18,19). The van der Waals surface area contributed by atoms with Crippen LogP contribution in [-0.2, 0) is 13.6 Å². The molecule has 23 heavy (non-hydrogen) atoms. The van der Waals surface area contributed by atoms with E-state index in [4.69, 9.17) is 0 Å². The molecule has 0 aliphatic heterocycles. The molecule has 0 aromatic carbocycles. The summed E-state index contributed by atoms with van der Waals surface area (Å²) in [6, 6.07) is 5.82. The lowest BCUT2D eigenvalue weighted by Crippen LogP contribution is -2.05. The molecule has 0 saturated carbocycles. The summed E-state index contributed by atoms with van der Waals surface area (Å²) in [4.78, 5) is 12.9. The second-order valence-corrected chi connectivity index (χ2v) is 5.05. The van der Waals surface area contributed by atoms with E-state index in [1.165, 1.54) is 6.33 Å². The molecule has 0 saturated heterocycles. The van der Waals surface area contributed by atoms with Crippen LogP contribution >= 0.6 is 0 Å². The van der Waals surface area contributed by atoms with Crippen LogP contribution in [0.15, 0.2) is 49.3 Å². The largest absolute Gasteiger partial charge is 0.365 e. The highest BCUT2D eigenvalue weighted by atomic mass is 15.3. The van der Waals surface area contributed by atoms with Crippen molar-refractivity contribution < 1.29 is 0 Å². The van der Waals surface area contributed by atoms with E-state index in [0.717, 1.165) is 28.2 Å². The van der Waals surface area contributed by atoms with Gasteiger partial charge in [0.1, 0.15) is 12.1 Å². The van der Waals surface area contributed by atoms with Gasteiger partial charge >= 0.3 is 0 Å². The van der Waals surface area contributed by atoms with Gasteiger partial charge in [-0.05, 0) is 23.8 Å². The second-order valence-electron chi connectivity index (χ2n) is 5.05. The molecule has 4 heterocycles. The van der Waals surface area contributed by atoms with E-state index in [1.807, 2.05) is 31.4 Å². The van der Waals surface area contributed by atoms with E-state index in [9.17, 15) is 0 Å². The number of aryl methyl sites for hydroxylation is 1. The molecular formula is C15H14N8. The molecule has 0 unspecified atom stereocenters. The van der Waals surface area contributed by atoms with Crippen molar-refractivity contribution in [3.8, 4) is 5.82 Å². The molecule has 0 radical (unpaired) electrons. The minimum Gasteiger partial charge on any atom is -0.365 e. The first-order chi connectivity index (χ1) is 11.3. The first-order valence-electron chi connectivity index (χ1n) is 7.13. The first-order valence-corrected chi connectivity index (χ1v) is 7.13. The number of hydrogen-bond donors (Lipinski definition) is 1. The first kappa shape index (κ1) is 13.4. The fraction of sp³-hybridized carbons (Fsp3) is 0.133. The monoisotopic (exact) mass is 306 g/mol. The fourth-order valence-electron chi connectivity index (χ4n) is 2.39. The van der Waals surface area contributed by atoms with Gasteiger partial charge in [-0.15, -0.1) is 0 Å². The molecule has 0 spiro atoms. The Morgan fingerprint density at radius 3 is 2.96 bits per heavy atom. The van der Waals surface area contributed by atoms with Gasteiger partial charge in [0, 0.05) is 32.2 Å². The summed E-state index contributed by atoms with van der Waals surface area (Å²) >= 11 is 0. The summed E-state index contributed by atoms with van der Waals surface area (Å²) in [6.07, 6.45) is 8.66. The van der Waals surface area contributed by atoms with Gasteiger partial charge in [-0.1, -0.05) is 0 Å². The molecule has 8 nitrogen and oxygen atoms in total. The number of aromatic nitrogens is 7. The van der Waals surface area contributed by atoms with E-state index in [0.29, 0.717) is 6.54 Å². The maximum Gasteiger partial charge on any atom is 0.163 e. The molecule has 4 rings (SSSR count). The van der Waals surface area contributed by atoms with Crippen LogP contribution in [0.3, 0.4) is 0 Å². The Labute approximate surface area is 131 Å². The third-order valence-electron chi connectivity index (χ3n) is 3.54. The molecule has 4 aromatic heterocycles. The molecule has 0 bridgehead atoms. The van der Waals surface area contributed by atoms with E-state index in [1.54, 1.807) is 28.0 Å². The number of pyridine rings is 1. The van der Waals surface area contributed by atoms with Gasteiger partial charge in [0.2, 0.25) is 0 Å². The highest BCUT2D eigenvalue weighted by molar-refractivity contribution is 5.85. The summed E-state index contributed by atoms with van der Waals surface area (Å²) in [5.41, 5.74) is 1.88. The lowest BCUT2D eigenvalue weighted by Gasteiger charge is -2.08. The zero-order valence-corrected chi connectivity index (χ0v) is 12.5. The summed E-state index contributed by atoms with van der Waals surface area (Å²) in [5.74, 6) is 1.55. The average Bonchev–Trinajstić information content (AvgIpc) is 3.24. The van der Waals surface area contributed by atoms with Crippen LogP contribution in [0.4, 0.5) is 5.82 Å². The Kier molecular flexibility index (Phi) is 3.19. The Morgan fingerprint density at radius 2 is 2.09 bits per heavy atom. The van der Waals surface area contributed by atoms with Gasteiger partial charge in [-0.25, -0.2) is 19.6 Å². The van der Waals surface area contributed by atoms with Crippen LogP contribution in [0.2, 0.25) is 0 Å². The van der Waals surface area contributed by atoms with Crippen molar-refractivity contribution in [1.82, 2.24) is 34.5 Å². The maximum atomic E-state index is 4.32. The number of fused-ring (bicyclic) bond motifs is 1. The Bertz CT molecular complexity index is 941. The lowest BCUT2D eigenvalue weighted by molar-refractivity contribution is 0.785. The van der Waals surface area contributed by atoms with E-state index in [2.05, 4.69) is 30.5 Å². The summed E-state index contributed by atoms with van der Waals surface area (Å²) < 4.78 is 3.46. The van der Waals surface area contributed by atoms with Crippen LogP contribution in [-0.4, -0.2) is 34.5 Å². The minimum absolute atomic E-state index is 0.623. The second kappa shape index (κ2) is 5.48. The van der Waals surface area contributed by atoms with Crippen molar-refractivity contribution >= 4 is 16.9 Å². The fourth-order valence-corrected chi connectivity index (χ4v) is 2.39. The highest BCUT2D eigenvalue weighted by Crippen LogP contribution is 2.18. The topological polar surface area (TPSA) is 86.3 Å². The SMILES string of the molecule is Cn1ncc2c(NCc3ccnc(-n4cccn4)c3)ncnc21. The van der Waals surface area contributed by atoms with Gasteiger partial charge in [-0.3, -0.25) is 4.68 Å². The Morgan fingerprint density at radius 1 is 1.13 bits per heavy atom. The molecule has 0 amide bonds. The van der Waals surface area contributed by atoms with Crippen LogP contribution < -0.4 is 5.32 Å². The lowest BCUT2D eigenvalue weighted by atomic mass is 10.2. The van der Waals surface area contributed by atoms with E-state index >= 15 is 0 Å². The number of rotatable bonds is 4. The molecule has 0 aliphatic carbocycles. The van der Waals surface area contributed by atoms with Crippen molar-refractivity contribution in [2.24, 2.45) is 7.05 Å². The third kappa shape index (κ3) is 2.50. The normalized spacial score (nSPS) is 11.0. The molecule has 8 heteroatoms. The Balaban J connectivity index is 1.58. The zero-order valence-electron chi connectivity index (χ0n) is 12.5. The molecule has 0 fully saturated rings. The molecule has 114 valence electrons. The third-order valence-corrected chi connectivity index (χ3v) is 3.54. The molecular weight excluding hydrogens is 292 g/mol. The van der Waals surface area contributed by atoms with Gasteiger partial charge in [0.05, 0.1) is 11.6 Å². The van der Waals surface area contributed by atoms with Crippen molar-refractivity contribution in [3.05, 3.63) is 54.9 Å². The van der Waals surface area contributed by atoms with Gasteiger partial charge in [-0.2, -0.15) is 10.2 Å². The minimum atomic E-state index is 0.623. The van der Waals surface area contributed by atoms with Gasteiger partial charge in [0.15, 0.2) is 11.5 Å². The molecule has 0 atom stereocenters. The quantitative estimate of drug-likeness (QED) is 0.615. The van der Waals surface area contributed by atoms with E-state index in [-0.39, 0.29) is 0 Å². The summed E-state index contributed by atoms with van der Waals surface area (Å²) in [6.45, 7) is 0.623. The predicted molar refractivity (Wildman–Crippen MR) is 85.0 cm³/mol. The zero-order chi connectivity index (χ0) is 15.6. The van der Waals surface area contributed by atoms with E-state index < -0.39 is 0 Å². The maximum absolute atomic E-state index is 4.32.